The van der Waals surface area contributed by atoms with Crippen LogP contribution < -0.4 is 5.73 Å². The summed E-state index contributed by atoms with van der Waals surface area (Å²) in [6.07, 6.45) is 0.987. The van der Waals surface area contributed by atoms with Crippen LogP contribution in [0.2, 0.25) is 0 Å². The summed E-state index contributed by atoms with van der Waals surface area (Å²) in [4.78, 5) is 0. The number of nitrogen functional groups attached to an aromatic ring is 1. The van der Waals surface area contributed by atoms with Crippen molar-refractivity contribution in [3.63, 3.8) is 0 Å². The van der Waals surface area contributed by atoms with Crippen LogP contribution in [0, 0.1) is 17.4 Å². The molecule has 0 aliphatic rings. The van der Waals surface area contributed by atoms with Crippen molar-refractivity contribution in [1.82, 2.24) is 0 Å². The Morgan fingerprint density at radius 1 is 1.54 bits per heavy atom. The van der Waals surface area contributed by atoms with Gasteiger partial charge in [0.25, 0.3) is 0 Å². The standard InChI is InChI=1S/C11H15N2/c1-8(2)6-9-4-3-5-10(7-9)11(12)13/h3-5,8H,6H2,1-2H3,(H3,12,13). The van der Waals surface area contributed by atoms with E-state index in [2.05, 4.69) is 19.9 Å². The van der Waals surface area contributed by atoms with Crippen LogP contribution >= 0.6 is 0 Å². The number of amidine groups is 1. The lowest BCUT2D eigenvalue weighted by atomic mass is 10.0. The Morgan fingerprint density at radius 3 is 2.77 bits per heavy atom. The van der Waals surface area contributed by atoms with Gasteiger partial charge >= 0.3 is 0 Å². The highest BCUT2D eigenvalue weighted by molar-refractivity contribution is 5.94. The van der Waals surface area contributed by atoms with E-state index in [0.717, 1.165) is 12.0 Å². The second-order valence-electron chi connectivity index (χ2n) is 3.60. The van der Waals surface area contributed by atoms with Gasteiger partial charge in [-0.25, -0.2) is 0 Å². The number of hydrogen-bond donors (Lipinski definition) is 2. The minimum absolute atomic E-state index is 0.0885. The molecule has 0 spiro atoms. The third-order valence-corrected chi connectivity index (χ3v) is 1.77. The van der Waals surface area contributed by atoms with E-state index in [0.29, 0.717) is 11.5 Å². The van der Waals surface area contributed by atoms with Crippen molar-refractivity contribution in [2.24, 2.45) is 11.7 Å². The summed E-state index contributed by atoms with van der Waals surface area (Å²) in [5.74, 6) is 0.698. The Labute approximate surface area is 79.3 Å². The highest BCUT2D eigenvalue weighted by atomic mass is 14.7. The molecule has 1 aromatic rings. The zero-order valence-corrected chi connectivity index (χ0v) is 8.09. The normalized spacial score (nSPS) is 10.4. The first-order valence-electron chi connectivity index (χ1n) is 4.45. The SMILES string of the molecule is CC(C)Cc1[c]c(C(=N)N)ccc1. The van der Waals surface area contributed by atoms with Crippen LogP contribution in [0.5, 0.6) is 0 Å². The number of rotatable bonds is 3. The zero-order valence-electron chi connectivity index (χ0n) is 8.09. The second-order valence-corrected chi connectivity index (χ2v) is 3.60. The van der Waals surface area contributed by atoms with Crippen molar-refractivity contribution >= 4 is 5.84 Å². The van der Waals surface area contributed by atoms with Gasteiger partial charge in [-0.05, 0) is 24.0 Å². The number of nitrogens with one attached hydrogen (secondary N) is 1. The Morgan fingerprint density at radius 2 is 2.23 bits per heavy atom. The van der Waals surface area contributed by atoms with E-state index in [-0.39, 0.29) is 5.84 Å². The van der Waals surface area contributed by atoms with Crippen LogP contribution in [-0.2, 0) is 6.42 Å². The molecule has 0 aliphatic carbocycles. The van der Waals surface area contributed by atoms with E-state index in [1.807, 2.05) is 18.2 Å². The van der Waals surface area contributed by atoms with Gasteiger partial charge < -0.3 is 5.73 Å². The van der Waals surface area contributed by atoms with Gasteiger partial charge in [0.2, 0.25) is 0 Å². The maximum atomic E-state index is 7.26. The maximum Gasteiger partial charge on any atom is 0.123 e. The van der Waals surface area contributed by atoms with Crippen LogP contribution in [-0.4, -0.2) is 5.84 Å². The molecule has 1 radical (unpaired) electrons. The van der Waals surface area contributed by atoms with Gasteiger partial charge in [0, 0.05) is 5.56 Å². The molecule has 13 heavy (non-hydrogen) atoms. The third-order valence-electron chi connectivity index (χ3n) is 1.77. The number of benzene rings is 1. The minimum Gasteiger partial charge on any atom is -0.384 e. The van der Waals surface area contributed by atoms with Gasteiger partial charge in [0.1, 0.15) is 5.84 Å². The van der Waals surface area contributed by atoms with Gasteiger partial charge in [-0.15, -0.1) is 0 Å². The number of nitrogens with two attached hydrogens (primary N) is 1. The van der Waals surface area contributed by atoms with Crippen LogP contribution in [0.3, 0.4) is 0 Å². The van der Waals surface area contributed by atoms with Gasteiger partial charge in [-0.3, -0.25) is 5.41 Å². The molecular weight excluding hydrogens is 160 g/mol. The van der Waals surface area contributed by atoms with Crippen LogP contribution in [0.4, 0.5) is 0 Å². The number of hydrogen-bond acceptors (Lipinski definition) is 1. The van der Waals surface area contributed by atoms with Crippen LogP contribution in [0.25, 0.3) is 0 Å². The summed E-state index contributed by atoms with van der Waals surface area (Å²) in [5.41, 5.74) is 7.19. The lowest BCUT2D eigenvalue weighted by Gasteiger charge is -2.05. The molecule has 1 aromatic carbocycles. The molecular formula is C11H15N2. The highest BCUT2D eigenvalue weighted by Gasteiger charge is 2.01. The molecule has 2 nitrogen and oxygen atoms in total. The Balaban J connectivity index is 2.85. The van der Waals surface area contributed by atoms with E-state index >= 15 is 0 Å². The second kappa shape index (κ2) is 4.08. The predicted octanol–water partition coefficient (Wildman–Crippen LogP) is 1.97. The molecule has 0 aromatic heterocycles. The average Bonchev–Trinajstić information content (AvgIpc) is 2.03. The van der Waals surface area contributed by atoms with Crippen LogP contribution in [0.15, 0.2) is 18.2 Å². The lowest BCUT2D eigenvalue weighted by molar-refractivity contribution is 0.646. The van der Waals surface area contributed by atoms with Crippen molar-refractivity contribution in [3.05, 3.63) is 35.4 Å². The summed E-state index contributed by atoms with van der Waals surface area (Å²) in [6.45, 7) is 4.32. The van der Waals surface area contributed by atoms with Crippen LogP contribution in [0.1, 0.15) is 25.0 Å². The molecule has 0 bridgehead atoms. The van der Waals surface area contributed by atoms with Crippen molar-refractivity contribution in [2.75, 3.05) is 0 Å². The molecule has 1 rings (SSSR count). The smallest absolute Gasteiger partial charge is 0.123 e. The molecule has 0 saturated heterocycles. The topological polar surface area (TPSA) is 49.9 Å². The van der Waals surface area contributed by atoms with Crippen molar-refractivity contribution in [3.8, 4) is 0 Å². The zero-order chi connectivity index (χ0) is 9.84. The quantitative estimate of drug-likeness (QED) is 0.535. The van der Waals surface area contributed by atoms with Gasteiger partial charge in [0.15, 0.2) is 0 Å². The molecule has 0 aliphatic heterocycles. The molecule has 0 atom stereocenters. The first-order valence-corrected chi connectivity index (χ1v) is 4.45. The lowest BCUT2D eigenvalue weighted by Crippen LogP contribution is -2.11. The molecule has 0 saturated carbocycles. The van der Waals surface area contributed by atoms with E-state index in [4.69, 9.17) is 11.1 Å². The summed E-state index contributed by atoms with van der Waals surface area (Å²) in [5, 5.41) is 7.26. The van der Waals surface area contributed by atoms with Gasteiger partial charge in [-0.2, -0.15) is 0 Å². The third kappa shape index (κ3) is 2.90. The maximum absolute atomic E-state index is 7.26. The Kier molecular flexibility index (Phi) is 3.07. The molecule has 3 N–H and O–H groups in total. The first-order chi connectivity index (χ1) is 6.09. The molecule has 0 amide bonds. The van der Waals surface area contributed by atoms with Crippen molar-refractivity contribution in [1.29, 1.82) is 5.41 Å². The monoisotopic (exact) mass is 175 g/mol. The molecule has 0 fully saturated rings. The van der Waals surface area contributed by atoms with Gasteiger partial charge in [-0.1, -0.05) is 32.0 Å². The van der Waals surface area contributed by atoms with E-state index < -0.39 is 0 Å². The average molecular weight is 175 g/mol. The summed E-state index contributed by atoms with van der Waals surface area (Å²) < 4.78 is 0. The summed E-state index contributed by atoms with van der Waals surface area (Å²) in [7, 11) is 0. The summed E-state index contributed by atoms with van der Waals surface area (Å²) >= 11 is 0. The summed E-state index contributed by atoms with van der Waals surface area (Å²) in [6, 6.07) is 8.88. The van der Waals surface area contributed by atoms with Crippen molar-refractivity contribution < 1.29 is 0 Å². The Bertz CT molecular complexity index is 303. The van der Waals surface area contributed by atoms with E-state index in [1.165, 1.54) is 0 Å². The van der Waals surface area contributed by atoms with Gasteiger partial charge in [0.05, 0.1) is 0 Å². The molecule has 69 valence electrons. The molecule has 2 heteroatoms. The van der Waals surface area contributed by atoms with E-state index in [1.54, 1.807) is 0 Å². The van der Waals surface area contributed by atoms with Crippen molar-refractivity contribution in [2.45, 2.75) is 20.3 Å². The fourth-order valence-corrected chi connectivity index (χ4v) is 1.23. The van der Waals surface area contributed by atoms with E-state index in [9.17, 15) is 0 Å². The molecule has 0 unspecified atom stereocenters. The predicted molar refractivity (Wildman–Crippen MR) is 54.8 cm³/mol. The Hall–Kier alpha value is -1.31. The fraction of sp³-hybridized carbons (Fsp3) is 0.364. The largest absolute Gasteiger partial charge is 0.384 e. The molecule has 0 heterocycles. The first kappa shape index (κ1) is 9.78. The fourth-order valence-electron chi connectivity index (χ4n) is 1.23. The highest BCUT2D eigenvalue weighted by Crippen LogP contribution is 2.09. The minimum atomic E-state index is 0.0885.